The molecular weight excluding hydrogens is 470 g/mol. The zero-order valence-electron chi connectivity index (χ0n) is 17.9. The van der Waals surface area contributed by atoms with Crippen LogP contribution in [0.5, 0.6) is 0 Å². The average Bonchev–Trinajstić information content (AvgIpc) is 2.83. The fourth-order valence-electron chi connectivity index (χ4n) is 3.55. The number of benzene rings is 2. The highest BCUT2D eigenvalue weighted by atomic mass is 32.2. The van der Waals surface area contributed by atoms with Crippen LogP contribution in [0.25, 0.3) is 0 Å². The summed E-state index contributed by atoms with van der Waals surface area (Å²) in [6.45, 7) is 2.60. The molecule has 6 nitrogen and oxygen atoms in total. The second kappa shape index (κ2) is 10.3. The van der Waals surface area contributed by atoms with E-state index >= 15 is 0 Å². The zero-order chi connectivity index (χ0) is 24.1. The molecule has 0 spiro atoms. The number of rotatable bonds is 6. The van der Waals surface area contributed by atoms with E-state index in [-0.39, 0.29) is 23.2 Å². The van der Waals surface area contributed by atoms with E-state index in [0.29, 0.717) is 42.7 Å². The number of amides is 1. The van der Waals surface area contributed by atoms with Crippen LogP contribution >= 0.6 is 11.8 Å². The SMILES string of the molecule is O=C(CSc1cc(N2CCN(c3ccccc3F)CC2)ncn1)Nc1ccc(C(F)(F)F)cc1. The molecule has 1 amide bonds. The molecule has 4 rings (SSSR count). The number of hydrogen-bond acceptors (Lipinski definition) is 6. The van der Waals surface area contributed by atoms with Gasteiger partial charge in [-0.05, 0) is 36.4 Å². The van der Waals surface area contributed by atoms with Gasteiger partial charge in [0.1, 0.15) is 23.0 Å². The number of para-hydroxylation sites is 1. The van der Waals surface area contributed by atoms with Crippen molar-refractivity contribution >= 4 is 34.9 Å². The number of piperazine rings is 1. The molecule has 0 unspecified atom stereocenters. The number of alkyl halides is 3. The van der Waals surface area contributed by atoms with Crippen LogP contribution in [0, 0.1) is 5.82 Å². The Balaban J connectivity index is 1.29. The summed E-state index contributed by atoms with van der Waals surface area (Å²) in [5, 5.41) is 3.18. The van der Waals surface area contributed by atoms with Gasteiger partial charge in [0.05, 0.1) is 17.0 Å². The van der Waals surface area contributed by atoms with Crippen LogP contribution in [0.1, 0.15) is 5.56 Å². The molecule has 1 aromatic heterocycles. The molecule has 34 heavy (non-hydrogen) atoms. The standard InChI is InChI=1S/C23H21F4N5OS/c24-18-3-1-2-4-19(18)31-9-11-32(12-10-31)20-13-22(29-15-28-20)34-14-21(33)30-17-7-5-16(6-8-17)23(25,26)27/h1-8,13,15H,9-12,14H2,(H,30,33). The van der Waals surface area contributed by atoms with Gasteiger partial charge >= 0.3 is 6.18 Å². The molecule has 0 radical (unpaired) electrons. The molecule has 3 aromatic rings. The van der Waals surface area contributed by atoms with Crippen LogP contribution < -0.4 is 15.1 Å². The number of nitrogens with one attached hydrogen (secondary N) is 1. The Hall–Kier alpha value is -3.34. The van der Waals surface area contributed by atoms with Crippen LogP contribution in [0.4, 0.5) is 34.8 Å². The van der Waals surface area contributed by atoms with Crippen LogP contribution in [0.15, 0.2) is 66.0 Å². The van der Waals surface area contributed by atoms with Gasteiger partial charge in [0, 0.05) is 37.9 Å². The molecule has 0 atom stereocenters. The summed E-state index contributed by atoms with van der Waals surface area (Å²) in [4.78, 5) is 24.8. The van der Waals surface area contributed by atoms with Gasteiger partial charge in [-0.2, -0.15) is 13.2 Å². The summed E-state index contributed by atoms with van der Waals surface area (Å²) < 4.78 is 52.0. The predicted molar refractivity (Wildman–Crippen MR) is 124 cm³/mol. The van der Waals surface area contributed by atoms with Crippen molar-refractivity contribution in [3.63, 3.8) is 0 Å². The van der Waals surface area contributed by atoms with Crippen molar-refractivity contribution in [2.24, 2.45) is 0 Å². The third kappa shape index (κ3) is 5.96. The van der Waals surface area contributed by atoms with Crippen molar-refractivity contribution in [2.75, 3.05) is 47.0 Å². The summed E-state index contributed by atoms with van der Waals surface area (Å²) >= 11 is 1.20. The lowest BCUT2D eigenvalue weighted by Gasteiger charge is -2.36. The second-order valence-electron chi connectivity index (χ2n) is 7.55. The fraction of sp³-hybridized carbons (Fsp3) is 0.261. The van der Waals surface area contributed by atoms with E-state index in [1.165, 1.54) is 36.3 Å². The molecule has 0 bridgehead atoms. The second-order valence-corrected chi connectivity index (χ2v) is 8.55. The van der Waals surface area contributed by atoms with Crippen molar-refractivity contribution < 1.29 is 22.4 Å². The first kappa shape index (κ1) is 23.8. The van der Waals surface area contributed by atoms with Crippen molar-refractivity contribution in [1.82, 2.24) is 9.97 Å². The Bertz CT molecular complexity index is 1130. The Labute approximate surface area is 198 Å². The Morgan fingerprint density at radius 1 is 0.971 bits per heavy atom. The number of anilines is 3. The number of hydrogen-bond donors (Lipinski definition) is 1. The highest BCUT2D eigenvalue weighted by Crippen LogP contribution is 2.30. The maximum atomic E-state index is 14.0. The number of halogens is 4. The zero-order valence-corrected chi connectivity index (χ0v) is 18.7. The molecule has 0 saturated carbocycles. The summed E-state index contributed by atoms with van der Waals surface area (Å²) in [6, 6.07) is 12.8. The summed E-state index contributed by atoms with van der Waals surface area (Å²) in [7, 11) is 0. The van der Waals surface area contributed by atoms with Crippen LogP contribution in [-0.4, -0.2) is 47.8 Å². The molecule has 1 N–H and O–H groups in total. The molecule has 1 fully saturated rings. The molecule has 0 aliphatic carbocycles. The maximum absolute atomic E-state index is 14.0. The minimum absolute atomic E-state index is 0.0402. The van der Waals surface area contributed by atoms with Gasteiger partial charge < -0.3 is 15.1 Å². The minimum atomic E-state index is -4.42. The molecule has 2 heterocycles. The number of thioether (sulfide) groups is 1. The molecule has 1 saturated heterocycles. The van der Waals surface area contributed by atoms with Gasteiger partial charge in [0.2, 0.25) is 5.91 Å². The third-order valence-electron chi connectivity index (χ3n) is 5.27. The lowest BCUT2D eigenvalue weighted by molar-refractivity contribution is -0.137. The largest absolute Gasteiger partial charge is 0.416 e. The number of aromatic nitrogens is 2. The quantitative estimate of drug-likeness (QED) is 0.307. The lowest BCUT2D eigenvalue weighted by atomic mass is 10.2. The monoisotopic (exact) mass is 491 g/mol. The van der Waals surface area contributed by atoms with Gasteiger partial charge in [-0.3, -0.25) is 4.79 Å². The highest BCUT2D eigenvalue weighted by Gasteiger charge is 2.30. The van der Waals surface area contributed by atoms with Crippen LogP contribution in [0.3, 0.4) is 0 Å². The number of carbonyl (C=O) groups excluding carboxylic acids is 1. The first-order valence-electron chi connectivity index (χ1n) is 10.5. The minimum Gasteiger partial charge on any atom is -0.366 e. The van der Waals surface area contributed by atoms with E-state index in [1.807, 2.05) is 11.0 Å². The van der Waals surface area contributed by atoms with E-state index in [1.54, 1.807) is 18.2 Å². The lowest BCUT2D eigenvalue weighted by Crippen LogP contribution is -2.47. The number of carbonyl (C=O) groups is 1. The Morgan fingerprint density at radius 3 is 2.32 bits per heavy atom. The first-order valence-corrected chi connectivity index (χ1v) is 11.4. The van der Waals surface area contributed by atoms with Gasteiger partial charge in [0.15, 0.2) is 0 Å². The average molecular weight is 492 g/mol. The first-order chi connectivity index (χ1) is 16.3. The van der Waals surface area contributed by atoms with Gasteiger partial charge in [-0.25, -0.2) is 14.4 Å². The van der Waals surface area contributed by atoms with Crippen molar-refractivity contribution in [3.05, 3.63) is 72.3 Å². The predicted octanol–water partition coefficient (Wildman–Crippen LogP) is 4.69. The highest BCUT2D eigenvalue weighted by molar-refractivity contribution is 7.99. The third-order valence-corrected chi connectivity index (χ3v) is 6.20. The van der Waals surface area contributed by atoms with E-state index < -0.39 is 11.7 Å². The van der Waals surface area contributed by atoms with Gasteiger partial charge in [0.25, 0.3) is 0 Å². The summed E-state index contributed by atoms with van der Waals surface area (Å²) in [6.07, 6.45) is -3.00. The Morgan fingerprint density at radius 2 is 1.65 bits per heavy atom. The topological polar surface area (TPSA) is 61.4 Å². The molecule has 11 heteroatoms. The molecular formula is C23H21F4N5OS. The van der Waals surface area contributed by atoms with E-state index in [4.69, 9.17) is 0 Å². The number of nitrogens with zero attached hydrogens (tertiary/aromatic N) is 4. The van der Waals surface area contributed by atoms with E-state index in [0.717, 1.165) is 12.1 Å². The Kier molecular flexibility index (Phi) is 7.20. The smallest absolute Gasteiger partial charge is 0.366 e. The van der Waals surface area contributed by atoms with E-state index in [9.17, 15) is 22.4 Å². The fourth-order valence-corrected chi connectivity index (χ4v) is 4.21. The molecule has 178 valence electrons. The molecule has 1 aliphatic heterocycles. The summed E-state index contributed by atoms with van der Waals surface area (Å²) in [5.74, 6) is 0.155. The normalized spacial score (nSPS) is 14.2. The van der Waals surface area contributed by atoms with Crippen LogP contribution in [-0.2, 0) is 11.0 Å². The van der Waals surface area contributed by atoms with Crippen molar-refractivity contribution in [2.45, 2.75) is 11.2 Å². The van der Waals surface area contributed by atoms with Gasteiger partial charge in [-0.15, -0.1) is 0 Å². The van der Waals surface area contributed by atoms with Crippen molar-refractivity contribution in [3.8, 4) is 0 Å². The van der Waals surface area contributed by atoms with Crippen molar-refractivity contribution in [1.29, 1.82) is 0 Å². The molecule has 2 aromatic carbocycles. The van der Waals surface area contributed by atoms with Crippen LogP contribution in [0.2, 0.25) is 0 Å². The van der Waals surface area contributed by atoms with Gasteiger partial charge in [-0.1, -0.05) is 23.9 Å². The van der Waals surface area contributed by atoms with E-state index in [2.05, 4.69) is 20.2 Å². The maximum Gasteiger partial charge on any atom is 0.416 e. The summed E-state index contributed by atoms with van der Waals surface area (Å²) in [5.41, 5.74) is 0.0953. The molecule has 1 aliphatic rings.